The maximum absolute atomic E-state index is 7.82. The maximum Gasteiger partial charge on any atom is 0.0883 e. The zero-order valence-electron chi connectivity index (χ0n) is 31.7. The number of hydrogen-bond acceptors (Lipinski definition) is 2. The van der Waals surface area contributed by atoms with Crippen molar-refractivity contribution in [1.82, 2.24) is 0 Å². The number of rotatable bonds is 7. The Morgan fingerprint density at radius 2 is 0.816 bits per heavy atom. The molecule has 5 aromatic rings. The molecule has 0 radical (unpaired) electrons. The molecular formula is C46H55ClN2. The molecule has 3 heteroatoms. The molecule has 0 N–H and O–H groups in total. The first-order valence-corrected chi connectivity index (χ1v) is 17.9. The molecule has 2 nitrogen and oxygen atoms in total. The molecule has 0 saturated carbocycles. The molecule has 0 spiro atoms. The molecule has 0 aromatic heterocycles. The van der Waals surface area contributed by atoms with E-state index in [0.717, 1.165) is 34.0 Å². The molecule has 0 fully saturated rings. The van der Waals surface area contributed by atoms with E-state index in [9.17, 15) is 0 Å². The average molecular weight is 671 g/mol. The van der Waals surface area contributed by atoms with Gasteiger partial charge in [-0.25, -0.2) is 0 Å². The molecule has 0 aliphatic rings. The minimum Gasteiger partial charge on any atom is -0.330 e. The number of benzene rings is 5. The van der Waals surface area contributed by atoms with Crippen molar-refractivity contribution in [3.63, 3.8) is 0 Å². The van der Waals surface area contributed by atoms with Crippen LogP contribution in [0, 0.1) is 6.92 Å². The summed E-state index contributed by atoms with van der Waals surface area (Å²) in [5, 5.41) is 0.707. The molecule has 5 aromatic carbocycles. The van der Waals surface area contributed by atoms with Gasteiger partial charge in [-0.3, -0.25) is 0 Å². The third-order valence-corrected chi connectivity index (χ3v) is 10.00. The molecule has 0 heterocycles. The van der Waals surface area contributed by atoms with Gasteiger partial charge in [-0.05, 0) is 113 Å². The van der Waals surface area contributed by atoms with Crippen molar-refractivity contribution in [3.05, 3.63) is 148 Å². The van der Waals surface area contributed by atoms with Gasteiger partial charge in [-0.2, -0.15) is 0 Å². The van der Waals surface area contributed by atoms with Crippen LogP contribution in [0.5, 0.6) is 0 Å². The van der Waals surface area contributed by atoms with E-state index in [-0.39, 0.29) is 16.2 Å². The van der Waals surface area contributed by atoms with Gasteiger partial charge < -0.3 is 9.80 Å². The molecule has 0 bridgehead atoms. The Hall–Kier alpha value is -4.01. The smallest absolute Gasteiger partial charge is 0.0883 e. The van der Waals surface area contributed by atoms with Crippen molar-refractivity contribution in [1.29, 1.82) is 0 Å². The molecule has 0 atom stereocenters. The molecule has 0 aliphatic heterocycles. The van der Waals surface area contributed by atoms with E-state index in [0.29, 0.717) is 5.02 Å². The second kappa shape index (κ2) is 13.4. The van der Waals surface area contributed by atoms with Gasteiger partial charge in [-0.15, -0.1) is 0 Å². The van der Waals surface area contributed by atoms with Crippen molar-refractivity contribution in [2.75, 3.05) is 9.80 Å². The topological polar surface area (TPSA) is 6.48 Å². The van der Waals surface area contributed by atoms with Gasteiger partial charge in [-0.1, -0.05) is 141 Å². The first-order chi connectivity index (χ1) is 22.8. The molecule has 49 heavy (non-hydrogen) atoms. The van der Waals surface area contributed by atoms with E-state index in [1.165, 1.54) is 22.3 Å². The highest BCUT2D eigenvalue weighted by atomic mass is 35.5. The molecule has 0 unspecified atom stereocenters. The first kappa shape index (κ1) is 36.3. The summed E-state index contributed by atoms with van der Waals surface area (Å²) >= 11 is 7.82. The lowest BCUT2D eigenvalue weighted by atomic mass is 9.85. The van der Waals surface area contributed by atoms with Gasteiger partial charge in [0.1, 0.15) is 0 Å². The monoisotopic (exact) mass is 670 g/mol. The minimum absolute atomic E-state index is 0.00687. The van der Waals surface area contributed by atoms with Crippen LogP contribution in [-0.4, -0.2) is 0 Å². The van der Waals surface area contributed by atoms with Crippen LogP contribution in [0.1, 0.15) is 104 Å². The number of nitrogens with zero attached hydrogens (tertiary/aromatic N) is 2. The van der Waals surface area contributed by atoms with Crippen LogP contribution < -0.4 is 9.80 Å². The Balaban J connectivity index is 1.83. The van der Waals surface area contributed by atoms with E-state index in [1.54, 1.807) is 0 Å². The number of aryl methyl sites for hydroxylation is 1. The van der Waals surface area contributed by atoms with Gasteiger partial charge in [0.05, 0.1) is 21.9 Å². The zero-order chi connectivity index (χ0) is 35.9. The number of hydrogen-bond donors (Lipinski definition) is 0. The Morgan fingerprint density at radius 1 is 0.429 bits per heavy atom. The summed E-state index contributed by atoms with van der Waals surface area (Å²) in [4.78, 5) is 4.79. The minimum atomic E-state index is -0.435. The van der Waals surface area contributed by atoms with Crippen LogP contribution in [0.2, 0.25) is 5.02 Å². The highest BCUT2D eigenvalue weighted by molar-refractivity contribution is 6.36. The van der Waals surface area contributed by atoms with Gasteiger partial charge in [0.2, 0.25) is 0 Å². The fraction of sp³-hybridized carbons (Fsp3) is 0.348. The Kier molecular flexibility index (Phi) is 9.90. The van der Waals surface area contributed by atoms with Crippen LogP contribution >= 0.6 is 11.6 Å². The van der Waals surface area contributed by atoms with Crippen molar-refractivity contribution < 1.29 is 0 Å². The van der Waals surface area contributed by atoms with Crippen LogP contribution in [0.25, 0.3) is 0 Å². The van der Waals surface area contributed by atoms with Crippen molar-refractivity contribution in [2.24, 2.45) is 0 Å². The average Bonchev–Trinajstić information content (AvgIpc) is 3.03. The van der Waals surface area contributed by atoms with Gasteiger partial charge in [0, 0.05) is 17.1 Å². The number of halogens is 1. The van der Waals surface area contributed by atoms with Crippen molar-refractivity contribution in [2.45, 2.75) is 105 Å². The van der Waals surface area contributed by atoms with E-state index < -0.39 is 5.54 Å². The Morgan fingerprint density at radius 3 is 1.27 bits per heavy atom. The highest BCUT2D eigenvalue weighted by Gasteiger charge is 2.34. The molecule has 256 valence electrons. The van der Waals surface area contributed by atoms with Gasteiger partial charge in [0.25, 0.3) is 0 Å². The zero-order valence-corrected chi connectivity index (χ0v) is 32.5. The lowest BCUT2D eigenvalue weighted by molar-refractivity contribution is 0.534. The summed E-state index contributed by atoms with van der Waals surface area (Å²) in [6.07, 6.45) is 0. The first-order valence-electron chi connectivity index (χ1n) is 17.6. The quantitative estimate of drug-likeness (QED) is 0.170. The van der Waals surface area contributed by atoms with E-state index >= 15 is 0 Å². The second-order valence-corrected chi connectivity index (χ2v) is 17.5. The predicted octanol–water partition coefficient (Wildman–Crippen LogP) is 14.1. The summed E-state index contributed by atoms with van der Waals surface area (Å²) in [7, 11) is 0. The summed E-state index contributed by atoms with van der Waals surface area (Å²) in [5.41, 5.74) is 10.9. The van der Waals surface area contributed by atoms with Crippen LogP contribution in [0.15, 0.2) is 115 Å². The van der Waals surface area contributed by atoms with Crippen LogP contribution in [-0.2, 0) is 21.8 Å². The summed E-state index contributed by atoms with van der Waals surface area (Å²) in [6, 6.07) is 42.0. The predicted molar refractivity (Wildman–Crippen MR) is 215 cm³/mol. The fourth-order valence-corrected chi connectivity index (χ4v) is 6.83. The largest absolute Gasteiger partial charge is 0.330 e. The summed E-state index contributed by atoms with van der Waals surface area (Å²) in [6.45, 7) is 27.2. The maximum atomic E-state index is 7.82. The lowest BCUT2D eigenvalue weighted by Crippen LogP contribution is -2.38. The molecule has 0 amide bonds. The standard InChI is InChI=1S/C46H55ClN2/c1-32-27-40(48(37-24-16-21-34(29-37)43(2,3)4)38-25-17-22-35(30-38)44(5,6)7)42(47)41(28-32)49(46(11,12)33-19-14-13-15-20-33)39-26-18-23-36(31-39)45(8,9)10/h13-31H,1-12H3. The van der Waals surface area contributed by atoms with Crippen LogP contribution in [0.3, 0.4) is 0 Å². The highest BCUT2D eigenvalue weighted by Crippen LogP contribution is 2.50. The van der Waals surface area contributed by atoms with Crippen LogP contribution in [0.4, 0.5) is 28.4 Å². The van der Waals surface area contributed by atoms with Crippen molar-refractivity contribution in [3.8, 4) is 0 Å². The van der Waals surface area contributed by atoms with Gasteiger partial charge in [0.15, 0.2) is 0 Å². The van der Waals surface area contributed by atoms with E-state index in [1.807, 2.05) is 0 Å². The molecule has 0 aliphatic carbocycles. The van der Waals surface area contributed by atoms with E-state index in [4.69, 9.17) is 11.6 Å². The normalized spacial score (nSPS) is 12.6. The number of anilines is 5. The lowest BCUT2D eigenvalue weighted by Gasteiger charge is -2.43. The molecule has 5 rings (SSSR count). The Bertz CT molecular complexity index is 1860. The molecular weight excluding hydrogens is 616 g/mol. The summed E-state index contributed by atoms with van der Waals surface area (Å²) in [5.74, 6) is 0. The molecule has 0 saturated heterocycles. The Labute approximate surface area is 301 Å². The second-order valence-electron chi connectivity index (χ2n) is 17.1. The van der Waals surface area contributed by atoms with Crippen molar-refractivity contribution >= 4 is 40.0 Å². The van der Waals surface area contributed by atoms with Gasteiger partial charge >= 0.3 is 0 Å². The third-order valence-electron chi connectivity index (χ3n) is 9.61. The third kappa shape index (κ3) is 7.76. The SMILES string of the molecule is Cc1cc(N(c2cccc(C(C)(C)C)c2)c2cccc(C(C)(C)C)c2)c(Cl)c(N(c2cccc(C(C)(C)C)c2)C(C)(C)c2ccccc2)c1. The summed E-state index contributed by atoms with van der Waals surface area (Å²) < 4.78 is 0. The van der Waals surface area contributed by atoms with E-state index in [2.05, 4.69) is 208 Å². The fourth-order valence-electron chi connectivity index (χ4n) is 6.56.